The van der Waals surface area contributed by atoms with Crippen LogP contribution in [-0.4, -0.2) is 58.1 Å². The van der Waals surface area contributed by atoms with E-state index in [4.69, 9.17) is 0 Å². The highest BCUT2D eigenvalue weighted by Crippen LogP contribution is 2.36. The van der Waals surface area contributed by atoms with Gasteiger partial charge < -0.3 is 10.2 Å². The van der Waals surface area contributed by atoms with Crippen LogP contribution in [0.5, 0.6) is 0 Å². The Morgan fingerprint density at radius 1 is 1.05 bits per heavy atom. The van der Waals surface area contributed by atoms with Crippen molar-refractivity contribution < 1.29 is 8.42 Å². The number of sulfone groups is 1. The summed E-state index contributed by atoms with van der Waals surface area (Å²) in [5.41, 5.74) is 0.376. The lowest BCUT2D eigenvalue weighted by molar-refractivity contribution is 0.109. The zero-order chi connectivity index (χ0) is 13.8. The van der Waals surface area contributed by atoms with Crippen molar-refractivity contribution in [1.82, 2.24) is 10.2 Å². The molecular formula is C14H28N2O2S. The monoisotopic (exact) mass is 288 g/mol. The van der Waals surface area contributed by atoms with E-state index in [1.165, 1.54) is 32.1 Å². The molecule has 0 spiro atoms. The van der Waals surface area contributed by atoms with Crippen molar-refractivity contribution in [1.29, 1.82) is 0 Å². The van der Waals surface area contributed by atoms with E-state index in [1.807, 2.05) is 7.05 Å². The van der Waals surface area contributed by atoms with E-state index in [9.17, 15) is 8.42 Å². The van der Waals surface area contributed by atoms with Gasteiger partial charge in [0.05, 0.1) is 11.5 Å². The summed E-state index contributed by atoms with van der Waals surface area (Å²) < 4.78 is 23.3. The third-order valence-corrected chi connectivity index (χ3v) is 6.39. The smallest absolute Gasteiger partial charge is 0.151 e. The Labute approximate surface area is 117 Å². The lowest BCUT2D eigenvalue weighted by atomic mass is 9.73. The maximum Gasteiger partial charge on any atom is 0.151 e. The maximum absolute atomic E-state index is 11.7. The molecule has 1 N–H and O–H groups in total. The Morgan fingerprint density at radius 3 is 2.47 bits per heavy atom. The summed E-state index contributed by atoms with van der Waals surface area (Å²) in [7, 11) is -0.751. The molecule has 112 valence electrons. The van der Waals surface area contributed by atoms with Gasteiger partial charge in [0, 0.05) is 19.6 Å². The van der Waals surface area contributed by atoms with E-state index in [0.29, 0.717) is 16.9 Å². The van der Waals surface area contributed by atoms with Gasteiger partial charge in [-0.05, 0) is 38.3 Å². The molecule has 2 fully saturated rings. The van der Waals surface area contributed by atoms with Crippen LogP contribution in [0, 0.1) is 5.41 Å². The second kappa shape index (κ2) is 6.55. The summed E-state index contributed by atoms with van der Waals surface area (Å²) in [6, 6.07) is 0. The molecule has 1 saturated carbocycles. The molecule has 2 rings (SSSR count). The molecule has 1 aliphatic carbocycles. The van der Waals surface area contributed by atoms with Crippen LogP contribution in [0.25, 0.3) is 0 Å². The standard InChI is InChI=1S/C14H28N2O2S/c1-15-12-14(6-3-2-4-7-14)13-16-8-5-10-19(17,18)11-9-16/h15H,2-13H2,1H3. The van der Waals surface area contributed by atoms with Crippen LogP contribution in [0.2, 0.25) is 0 Å². The molecular weight excluding hydrogens is 260 g/mol. The minimum absolute atomic E-state index is 0.350. The van der Waals surface area contributed by atoms with Crippen molar-refractivity contribution in [2.45, 2.75) is 38.5 Å². The van der Waals surface area contributed by atoms with E-state index >= 15 is 0 Å². The molecule has 0 radical (unpaired) electrons. The van der Waals surface area contributed by atoms with E-state index in [-0.39, 0.29) is 0 Å². The van der Waals surface area contributed by atoms with E-state index in [0.717, 1.165) is 32.6 Å². The molecule has 19 heavy (non-hydrogen) atoms. The maximum atomic E-state index is 11.7. The summed E-state index contributed by atoms with van der Waals surface area (Å²) in [4.78, 5) is 2.40. The summed E-state index contributed by atoms with van der Waals surface area (Å²) in [6.45, 7) is 3.82. The van der Waals surface area contributed by atoms with Crippen molar-refractivity contribution in [2.24, 2.45) is 5.41 Å². The lowest BCUT2D eigenvalue weighted by Gasteiger charge is -2.41. The van der Waals surface area contributed by atoms with Gasteiger partial charge in [-0.1, -0.05) is 19.3 Å². The molecule has 0 amide bonds. The molecule has 0 aromatic heterocycles. The minimum atomic E-state index is -2.78. The molecule has 0 unspecified atom stereocenters. The van der Waals surface area contributed by atoms with Crippen LogP contribution in [0.15, 0.2) is 0 Å². The number of hydrogen-bond acceptors (Lipinski definition) is 4. The molecule has 2 aliphatic rings. The first kappa shape index (κ1) is 15.3. The lowest BCUT2D eigenvalue weighted by Crippen LogP contribution is -2.45. The normalized spacial score (nSPS) is 27.8. The molecule has 1 heterocycles. The summed E-state index contributed by atoms with van der Waals surface area (Å²) in [5.74, 6) is 0.727. The van der Waals surface area contributed by atoms with Crippen molar-refractivity contribution in [3.63, 3.8) is 0 Å². The zero-order valence-corrected chi connectivity index (χ0v) is 13.0. The highest BCUT2D eigenvalue weighted by Gasteiger charge is 2.34. The highest BCUT2D eigenvalue weighted by molar-refractivity contribution is 7.91. The third kappa shape index (κ3) is 4.43. The van der Waals surface area contributed by atoms with E-state index < -0.39 is 9.84 Å². The molecule has 1 aliphatic heterocycles. The predicted molar refractivity (Wildman–Crippen MR) is 79.2 cm³/mol. The zero-order valence-electron chi connectivity index (χ0n) is 12.2. The number of nitrogens with zero attached hydrogens (tertiary/aromatic N) is 1. The van der Waals surface area contributed by atoms with Crippen LogP contribution in [0.4, 0.5) is 0 Å². The summed E-state index contributed by atoms with van der Waals surface area (Å²) in [6.07, 6.45) is 7.40. The Bertz CT molecular complexity index is 369. The van der Waals surface area contributed by atoms with Crippen molar-refractivity contribution >= 4 is 9.84 Å². The van der Waals surface area contributed by atoms with Crippen molar-refractivity contribution in [3.05, 3.63) is 0 Å². The topological polar surface area (TPSA) is 49.4 Å². The van der Waals surface area contributed by atoms with Gasteiger partial charge in [-0.2, -0.15) is 0 Å². The van der Waals surface area contributed by atoms with Gasteiger partial charge in [-0.15, -0.1) is 0 Å². The summed E-state index contributed by atoms with van der Waals surface area (Å²) in [5, 5.41) is 3.35. The molecule has 4 nitrogen and oxygen atoms in total. The van der Waals surface area contributed by atoms with Gasteiger partial charge in [-0.25, -0.2) is 8.42 Å². The number of hydrogen-bond donors (Lipinski definition) is 1. The van der Waals surface area contributed by atoms with Crippen LogP contribution in [0.3, 0.4) is 0 Å². The SMILES string of the molecule is CNCC1(CN2CCCS(=O)(=O)CC2)CCCCC1. The first-order valence-electron chi connectivity index (χ1n) is 7.63. The molecule has 0 aromatic rings. The predicted octanol–water partition coefficient (Wildman–Crippen LogP) is 1.28. The summed E-state index contributed by atoms with van der Waals surface area (Å²) >= 11 is 0. The fourth-order valence-corrected chi connectivity index (χ4v) is 5.00. The quantitative estimate of drug-likeness (QED) is 0.846. The molecule has 0 bridgehead atoms. The second-order valence-corrected chi connectivity index (χ2v) is 8.68. The van der Waals surface area contributed by atoms with Crippen LogP contribution >= 0.6 is 0 Å². The van der Waals surface area contributed by atoms with Gasteiger partial charge in [0.1, 0.15) is 0 Å². The van der Waals surface area contributed by atoms with E-state index in [1.54, 1.807) is 0 Å². The van der Waals surface area contributed by atoms with Gasteiger partial charge in [0.15, 0.2) is 9.84 Å². The molecule has 5 heteroatoms. The largest absolute Gasteiger partial charge is 0.319 e. The fourth-order valence-electron chi connectivity index (χ4n) is 3.69. The number of rotatable bonds is 4. The van der Waals surface area contributed by atoms with E-state index in [2.05, 4.69) is 10.2 Å². The molecule has 1 saturated heterocycles. The van der Waals surface area contributed by atoms with Gasteiger partial charge in [0.2, 0.25) is 0 Å². The third-order valence-electron chi connectivity index (χ3n) is 4.67. The molecule has 0 atom stereocenters. The average Bonchev–Trinajstić information content (AvgIpc) is 2.52. The van der Waals surface area contributed by atoms with Crippen LogP contribution in [0.1, 0.15) is 38.5 Å². The average molecular weight is 288 g/mol. The highest BCUT2D eigenvalue weighted by atomic mass is 32.2. The Morgan fingerprint density at radius 2 is 1.79 bits per heavy atom. The van der Waals surface area contributed by atoms with Crippen molar-refractivity contribution in [2.75, 3.05) is 44.7 Å². The first-order valence-corrected chi connectivity index (χ1v) is 9.45. The van der Waals surface area contributed by atoms with Gasteiger partial charge in [-0.3, -0.25) is 0 Å². The Hall–Kier alpha value is -0.130. The van der Waals surface area contributed by atoms with Gasteiger partial charge >= 0.3 is 0 Å². The van der Waals surface area contributed by atoms with Crippen molar-refractivity contribution in [3.8, 4) is 0 Å². The second-order valence-electron chi connectivity index (χ2n) is 6.37. The van der Waals surface area contributed by atoms with Gasteiger partial charge in [0.25, 0.3) is 0 Å². The molecule has 0 aromatic carbocycles. The first-order chi connectivity index (χ1) is 9.05. The fraction of sp³-hybridized carbons (Fsp3) is 1.00. The number of nitrogens with one attached hydrogen (secondary N) is 1. The minimum Gasteiger partial charge on any atom is -0.319 e. The van der Waals surface area contributed by atoms with Crippen LogP contribution < -0.4 is 5.32 Å². The van der Waals surface area contributed by atoms with Crippen LogP contribution in [-0.2, 0) is 9.84 Å². The Balaban J connectivity index is 1.96. The Kier molecular flexibility index (Phi) is 5.26.